The number of aliphatic hydroxyl groups is 1. The lowest BCUT2D eigenvalue weighted by Gasteiger charge is -2.25. The van der Waals surface area contributed by atoms with Crippen molar-refractivity contribution in [2.45, 2.75) is 6.04 Å². The van der Waals surface area contributed by atoms with Gasteiger partial charge in [0.15, 0.2) is 0 Å². The van der Waals surface area contributed by atoms with Crippen LogP contribution in [-0.4, -0.2) is 57.1 Å². The van der Waals surface area contributed by atoms with Crippen molar-refractivity contribution in [3.8, 4) is 5.75 Å². The number of hydrogen-bond acceptors (Lipinski definition) is 5. The number of aliphatic hydroxyl groups excluding tert-OH is 1. The van der Waals surface area contributed by atoms with E-state index >= 15 is 0 Å². The molecule has 1 unspecified atom stereocenters. The maximum absolute atomic E-state index is 11.4. The lowest BCUT2D eigenvalue weighted by molar-refractivity contribution is 0.117. The highest BCUT2D eigenvalue weighted by molar-refractivity contribution is 5.67. The van der Waals surface area contributed by atoms with Gasteiger partial charge in [0.05, 0.1) is 19.8 Å². The van der Waals surface area contributed by atoms with Gasteiger partial charge in [-0.3, -0.25) is 0 Å². The molecule has 0 fully saturated rings. The van der Waals surface area contributed by atoms with Crippen molar-refractivity contribution in [3.63, 3.8) is 0 Å². The zero-order valence-corrected chi connectivity index (χ0v) is 12.1. The van der Waals surface area contributed by atoms with Gasteiger partial charge in [0.2, 0.25) is 0 Å². The van der Waals surface area contributed by atoms with Crippen LogP contribution in [0.1, 0.15) is 11.6 Å². The predicted molar refractivity (Wildman–Crippen MR) is 75.9 cm³/mol. The Morgan fingerprint density at radius 2 is 2.20 bits per heavy atom. The minimum atomic E-state index is -0.534. The average Bonchev–Trinajstić information content (AvgIpc) is 2.45. The Hall–Kier alpha value is -1.79. The summed E-state index contributed by atoms with van der Waals surface area (Å²) in [5, 5.41) is 11.3. The summed E-state index contributed by atoms with van der Waals surface area (Å²) < 4.78 is 9.96. The Labute approximate surface area is 119 Å². The lowest BCUT2D eigenvalue weighted by atomic mass is 10.1. The van der Waals surface area contributed by atoms with E-state index in [1.54, 1.807) is 7.11 Å². The highest BCUT2D eigenvalue weighted by atomic mass is 16.6. The number of hydrogen-bond donors (Lipinski definition) is 2. The number of rotatable bonds is 7. The molecule has 0 aliphatic rings. The summed E-state index contributed by atoms with van der Waals surface area (Å²) in [6.45, 7) is 0.225. The monoisotopic (exact) mass is 282 g/mol. The fourth-order valence-electron chi connectivity index (χ4n) is 1.82. The van der Waals surface area contributed by atoms with Crippen LogP contribution in [0.15, 0.2) is 24.3 Å². The van der Waals surface area contributed by atoms with Gasteiger partial charge in [-0.05, 0) is 31.8 Å². The molecule has 6 heteroatoms. The molecule has 0 bridgehead atoms. The second-order valence-corrected chi connectivity index (χ2v) is 4.50. The fraction of sp³-hybridized carbons (Fsp3) is 0.500. The van der Waals surface area contributed by atoms with Gasteiger partial charge in [-0.25, -0.2) is 4.79 Å². The Morgan fingerprint density at radius 3 is 2.80 bits per heavy atom. The molecule has 112 valence electrons. The molecule has 20 heavy (non-hydrogen) atoms. The number of amides is 1. The SMILES string of the molecule is COc1cccc(C(CNC(=O)OCCO)N(C)C)c1. The molecule has 0 saturated carbocycles. The van der Waals surface area contributed by atoms with Gasteiger partial charge in [-0.15, -0.1) is 0 Å². The Bertz CT molecular complexity index is 423. The first-order chi connectivity index (χ1) is 9.58. The summed E-state index contributed by atoms with van der Waals surface area (Å²) in [6, 6.07) is 7.71. The van der Waals surface area contributed by atoms with Crippen molar-refractivity contribution >= 4 is 6.09 Å². The number of nitrogens with zero attached hydrogens (tertiary/aromatic N) is 1. The Morgan fingerprint density at radius 1 is 1.45 bits per heavy atom. The molecule has 1 atom stereocenters. The zero-order valence-electron chi connectivity index (χ0n) is 12.1. The summed E-state index contributed by atoms with van der Waals surface area (Å²) in [5.74, 6) is 0.775. The summed E-state index contributed by atoms with van der Waals surface area (Å²) in [6.07, 6.45) is -0.534. The minimum absolute atomic E-state index is 0.00236. The molecule has 0 radical (unpaired) electrons. The molecule has 0 saturated heterocycles. The van der Waals surface area contributed by atoms with Crippen LogP contribution < -0.4 is 10.1 Å². The largest absolute Gasteiger partial charge is 0.497 e. The highest BCUT2D eigenvalue weighted by Gasteiger charge is 2.16. The average molecular weight is 282 g/mol. The third kappa shape index (κ3) is 5.07. The van der Waals surface area contributed by atoms with E-state index in [2.05, 4.69) is 5.32 Å². The van der Waals surface area contributed by atoms with Crippen molar-refractivity contribution < 1.29 is 19.4 Å². The number of benzene rings is 1. The molecule has 6 nitrogen and oxygen atoms in total. The standard InChI is InChI=1S/C14H22N2O4/c1-16(2)13(10-15-14(18)20-8-7-17)11-5-4-6-12(9-11)19-3/h4-6,9,13,17H,7-8,10H2,1-3H3,(H,15,18). The van der Waals surface area contributed by atoms with E-state index in [4.69, 9.17) is 14.6 Å². The number of methoxy groups -OCH3 is 1. The second-order valence-electron chi connectivity index (χ2n) is 4.50. The number of nitrogens with one attached hydrogen (secondary N) is 1. The highest BCUT2D eigenvalue weighted by Crippen LogP contribution is 2.22. The maximum atomic E-state index is 11.4. The van der Waals surface area contributed by atoms with E-state index in [1.807, 2.05) is 43.3 Å². The van der Waals surface area contributed by atoms with E-state index < -0.39 is 6.09 Å². The van der Waals surface area contributed by atoms with Gasteiger partial charge in [0.1, 0.15) is 12.4 Å². The summed E-state index contributed by atoms with van der Waals surface area (Å²) >= 11 is 0. The summed E-state index contributed by atoms with van der Waals surface area (Å²) in [7, 11) is 5.49. The topological polar surface area (TPSA) is 71.0 Å². The number of carbonyl (C=O) groups excluding carboxylic acids is 1. The number of carbonyl (C=O) groups is 1. The maximum Gasteiger partial charge on any atom is 0.407 e. The molecule has 1 aromatic rings. The van der Waals surface area contributed by atoms with Crippen molar-refractivity contribution in [3.05, 3.63) is 29.8 Å². The van der Waals surface area contributed by atoms with Crippen LogP contribution in [-0.2, 0) is 4.74 Å². The number of ether oxygens (including phenoxy) is 2. The van der Waals surface area contributed by atoms with E-state index in [9.17, 15) is 4.79 Å². The van der Waals surface area contributed by atoms with Crippen LogP contribution in [0.3, 0.4) is 0 Å². The van der Waals surface area contributed by atoms with E-state index in [-0.39, 0.29) is 19.3 Å². The molecule has 1 aromatic carbocycles. The fourth-order valence-corrected chi connectivity index (χ4v) is 1.82. The van der Waals surface area contributed by atoms with Gasteiger partial charge in [0, 0.05) is 6.54 Å². The normalized spacial score (nSPS) is 12.1. The van der Waals surface area contributed by atoms with Crippen molar-refractivity contribution in [2.24, 2.45) is 0 Å². The van der Waals surface area contributed by atoms with Gasteiger partial charge in [0.25, 0.3) is 0 Å². The minimum Gasteiger partial charge on any atom is -0.497 e. The molecule has 1 amide bonds. The summed E-state index contributed by atoms with van der Waals surface area (Å²) in [4.78, 5) is 13.4. The van der Waals surface area contributed by atoms with Crippen LogP contribution in [0.4, 0.5) is 4.79 Å². The molecule has 0 aromatic heterocycles. The molecule has 0 aliphatic carbocycles. The molecular weight excluding hydrogens is 260 g/mol. The zero-order chi connectivity index (χ0) is 15.0. The second kappa shape index (κ2) is 8.39. The van der Waals surface area contributed by atoms with Crippen LogP contribution in [0.2, 0.25) is 0 Å². The lowest BCUT2D eigenvalue weighted by Crippen LogP contribution is -2.35. The molecule has 1 rings (SSSR count). The van der Waals surface area contributed by atoms with Crippen LogP contribution in [0.25, 0.3) is 0 Å². The van der Waals surface area contributed by atoms with E-state index in [0.29, 0.717) is 6.54 Å². The quantitative estimate of drug-likeness (QED) is 0.781. The van der Waals surface area contributed by atoms with Crippen LogP contribution in [0.5, 0.6) is 5.75 Å². The van der Waals surface area contributed by atoms with Crippen LogP contribution in [0, 0.1) is 0 Å². The van der Waals surface area contributed by atoms with Gasteiger partial charge in [-0.1, -0.05) is 12.1 Å². The van der Waals surface area contributed by atoms with Crippen molar-refractivity contribution in [1.29, 1.82) is 0 Å². The third-order valence-corrected chi connectivity index (χ3v) is 2.87. The molecule has 0 aliphatic heterocycles. The Balaban J connectivity index is 2.66. The first-order valence-electron chi connectivity index (χ1n) is 6.40. The van der Waals surface area contributed by atoms with E-state index in [1.165, 1.54) is 0 Å². The Kier molecular flexibility index (Phi) is 6.83. The van der Waals surface area contributed by atoms with Gasteiger partial charge < -0.3 is 24.8 Å². The first-order valence-corrected chi connectivity index (χ1v) is 6.40. The summed E-state index contributed by atoms with van der Waals surface area (Å²) in [5.41, 5.74) is 1.04. The van der Waals surface area contributed by atoms with Gasteiger partial charge in [-0.2, -0.15) is 0 Å². The molecule has 0 heterocycles. The van der Waals surface area contributed by atoms with Crippen molar-refractivity contribution in [2.75, 3.05) is 41.0 Å². The van der Waals surface area contributed by atoms with Gasteiger partial charge >= 0.3 is 6.09 Å². The van der Waals surface area contributed by atoms with Crippen molar-refractivity contribution in [1.82, 2.24) is 10.2 Å². The van der Waals surface area contributed by atoms with Crippen LogP contribution >= 0.6 is 0 Å². The molecule has 0 spiro atoms. The molecule has 2 N–H and O–H groups in total. The smallest absolute Gasteiger partial charge is 0.407 e. The third-order valence-electron chi connectivity index (χ3n) is 2.87. The predicted octanol–water partition coefficient (Wildman–Crippen LogP) is 1.02. The molecular formula is C14H22N2O4. The first kappa shape index (κ1) is 16.3. The number of alkyl carbamates (subject to hydrolysis) is 1. The van der Waals surface area contributed by atoms with E-state index in [0.717, 1.165) is 11.3 Å². The number of likely N-dealkylation sites (N-methyl/N-ethyl adjacent to an activating group) is 1.